The number of nitrogens with zero attached hydrogens (tertiary/aromatic N) is 1. The lowest BCUT2D eigenvalue weighted by Crippen LogP contribution is -2.34. The highest BCUT2D eigenvalue weighted by Crippen LogP contribution is 2.27. The smallest absolute Gasteiger partial charge is 0.127 e. The van der Waals surface area contributed by atoms with Crippen LogP contribution >= 0.6 is 0 Å². The zero-order valence-corrected chi connectivity index (χ0v) is 16.5. The van der Waals surface area contributed by atoms with Gasteiger partial charge in [-0.1, -0.05) is 18.2 Å². The van der Waals surface area contributed by atoms with Gasteiger partial charge in [0.2, 0.25) is 0 Å². The molecule has 3 rings (SSSR count). The molecule has 1 N–H and O–H groups in total. The zero-order chi connectivity index (χ0) is 19.1. The number of nitrogens with one attached hydrogen (secondary N) is 1. The first-order valence-corrected chi connectivity index (χ1v) is 9.54. The van der Waals surface area contributed by atoms with E-state index in [1.54, 1.807) is 21.3 Å². The lowest BCUT2D eigenvalue weighted by Gasteiger charge is -2.28. The van der Waals surface area contributed by atoms with E-state index in [1.807, 2.05) is 24.3 Å². The van der Waals surface area contributed by atoms with Crippen LogP contribution in [-0.2, 0) is 6.54 Å². The molecule has 5 nitrogen and oxygen atoms in total. The molecule has 5 heteroatoms. The van der Waals surface area contributed by atoms with Crippen molar-refractivity contribution in [3.05, 3.63) is 53.6 Å². The van der Waals surface area contributed by atoms with Gasteiger partial charge in [-0.25, -0.2) is 0 Å². The van der Waals surface area contributed by atoms with Crippen molar-refractivity contribution in [3.63, 3.8) is 0 Å². The van der Waals surface area contributed by atoms with Gasteiger partial charge in [0.25, 0.3) is 0 Å². The van der Waals surface area contributed by atoms with Crippen molar-refractivity contribution in [2.75, 3.05) is 41.0 Å². The van der Waals surface area contributed by atoms with Crippen LogP contribution in [-0.4, -0.2) is 45.9 Å². The van der Waals surface area contributed by atoms with Gasteiger partial charge < -0.3 is 19.5 Å². The van der Waals surface area contributed by atoms with Crippen LogP contribution in [0.5, 0.6) is 17.2 Å². The van der Waals surface area contributed by atoms with Crippen molar-refractivity contribution in [2.45, 2.75) is 25.4 Å². The third kappa shape index (κ3) is 4.93. The molecule has 1 saturated heterocycles. The second kappa shape index (κ2) is 9.62. The molecule has 1 heterocycles. The second-order valence-corrected chi connectivity index (χ2v) is 6.84. The van der Waals surface area contributed by atoms with E-state index in [1.165, 1.54) is 18.4 Å². The molecule has 0 spiro atoms. The van der Waals surface area contributed by atoms with Gasteiger partial charge in [-0.05, 0) is 49.7 Å². The summed E-state index contributed by atoms with van der Waals surface area (Å²) >= 11 is 0. The summed E-state index contributed by atoms with van der Waals surface area (Å²) in [7, 11) is 5.07. The molecule has 0 saturated carbocycles. The molecule has 0 aliphatic carbocycles. The number of hydrogen-bond donors (Lipinski definition) is 1. The molecule has 1 aliphatic heterocycles. The minimum atomic E-state index is 0.364. The van der Waals surface area contributed by atoms with Gasteiger partial charge in [0.15, 0.2) is 0 Å². The lowest BCUT2D eigenvalue weighted by atomic mass is 10.0. The second-order valence-electron chi connectivity index (χ2n) is 6.84. The first kappa shape index (κ1) is 19.5. The Bertz CT molecular complexity index is 712. The molecular formula is C22H30N2O3. The standard InChI is InChI=1S/C22H30N2O3/c1-25-19-9-6-17(7-10-19)21(24-12-4-5-13-24)16-23-15-18-8-11-20(26-2)14-22(18)27-3/h6-11,14,21,23H,4-5,12-13,15-16H2,1-3H3/t21-/m0/s1. The van der Waals surface area contributed by atoms with Crippen LogP contribution in [0.3, 0.4) is 0 Å². The fourth-order valence-electron chi connectivity index (χ4n) is 3.68. The van der Waals surface area contributed by atoms with Crippen molar-refractivity contribution in [1.82, 2.24) is 10.2 Å². The maximum atomic E-state index is 5.51. The molecule has 1 fully saturated rings. The molecular weight excluding hydrogens is 340 g/mol. The molecule has 27 heavy (non-hydrogen) atoms. The van der Waals surface area contributed by atoms with Gasteiger partial charge in [0, 0.05) is 30.8 Å². The predicted molar refractivity (Wildman–Crippen MR) is 108 cm³/mol. The maximum absolute atomic E-state index is 5.51. The topological polar surface area (TPSA) is 43.0 Å². The van der Waals surface area contributed by atoms with Gasteiger partial charge in [0.1, 0.15) is 17.2 Å². The Kier molecular flexibility index (Phi) is 6.96. The lowest BCUT2D eigenvalue weighted by molar-refractivity contribution is 0.238. The Balaban J connectivity index is 1.67. The molecule has 146 valence electrons. The van der Waals surface area contributed by atoms with Crippen LogP contribution in [0.1, 0.15) is 30.0 Å². The summed E-state index contributed by atoms with van der Waals surface area (Å²) in [6.45, 7) is 3.96. The Morgan fingerprint density at radius 3 is 2.19 bits per heavy atom. The van der Waals surface area contributed by atoms with Crippen LogP contribution in [0.4, 0.5) is 0 Å². The van der Waals surface area contributed by atoms with E-state index in [0.717, 1.165) is 49.0 Å². The van der Waals surface area contributed by atoms with E-state index in [4.69, 9.17) is 14.2 Å². The van der Waals surface area contributed by atoms with Gasteiger partial charge in [-0.3, -0.25) is 4.90 Å². The molecule has 0 aromatic heterocycles. The summed E-state index contributed by atoms with van der Waals surface area (Å²) in [5.74, 6) is 2.56. The summed E-state index contributed by atoms with van der Waals surface area (Å²) in [5, 5.41) is 3.62. The van der Waals surface area contributed by atoms with E-state index in [-0.39, 0.29) is 0 Å². The van der Waals surface area contributed by atoms with Crippen molar-refractivity contribution < 1.29 is 14.2 Å². The number of methoxy groups -OCH3 is 3. The van der Waals surface area contributed by atoms with Crippen LogP contribution in [0.25, 0.3) is 0 Å². The average Bonchev–Trinajstić information content (AvgIpc) is 3.26. The minimum absolute atomic E-state index is 0.364. The number of likely N-dealkylation sites (tertiary alicyclic amines) is 1. The Labute approximate surface area is 162 Å². The maximum Gasteiger partial charge on any atom is 0.127 e. The number of ether oxygens (including phenoxy) is 3. The minimum Gasteiger partial charge on any atom is -0.497 e. The van der Waals surface area contributed by atoms with Crippen molar-refractivity contribution in [2.24, 2.45) is 0 Å². The molecule has 2 aromatic rings. The van der Waals surface area contributed by atoms with Crippen molar-refractivity contribution in [1.29, 1.82) is 0 Å². The fourth-order valence-corrected chi connectivity index (χ4v) is 3.68. The normalized spacial score (nSPS) is 15.5. The summed E-state index contributed by atoms with van der Waals surface area (Å²) in [4.78, 5) is 2.57. The van der Waals surface area contributed by atoms with E-state index in [0.29, 0.717) is 6.04 Å². The number of rotatable bonds is 9. The van der Waals surface area contributed by atoms with Crippen molar-refractivity contribution >= 4 is 0 Å². The van der Waals surface area contributed by atoms with Crippen LogP contribution < -0.4 is 19.5 Å². The predicted octanol–water partition coefficient (Wildman–Crippen LogP) is 3.64. The largest absolute Gasteiger partial charge is 0.497 e. The van der Waals surface area contributed by atoms with Gasteiger partial charge in [0.05, 0.1) is 21.3 Å². The Hall–Kier alpha value is -2.24. The SMILES string of the molecule is COc1ccc([C@H](CNCc2ccc(OC)cc2OC)N2CCCC2)cc1. The summed E-state index contributed by atoms with van der Waals surface area (Å²) < 4.78 is 16.1. The zero-order valence-electron chi connectivity index (χ0n) is 16.5. The quantitative estimate of drug-likeness (QED) is 0.730. The van der Waals surface area contributed by atoms with Gasteiger partial charge in [-0.2, -0.15) is 0 Å². The van der Waals surface area contributed by atoms with Crippen molar-refractivity contribution in [3.8, 4) is 17.2 Å². The molecule has 1 aliphatic rings. The molecule has 1 atom stereocenters. The number of benzene rings is 2. The average molecular weight is 370 g/mol. The third-order valence-corrected chi connectivity index (χ3v) is 5.23. The highest BCUT2D eigenvalue weighted by atomic mass is 16.5. The summed E-state index contributed by atoms with van der Waals surface area (Å²) in [6, 6.07) is 14.8. The van der Waals surface area contributed by atoms with Gasteiger partial charge in [-0.15, -0.1) is 0 Å². The molecule has 0 unspecified atom stereocenters. The van der Waals surface area contributed by atoms with E-state index < -0.39 is 0 Å². The summed E-state index contributed by atoms with van der Waals surface area (Å²) in [5.41, 5.74) is 2.46. The van der Waals surface area contributed by atoms with E-state index in [9.17, 15) is 0 Å². The first-order chi connectivity index (χ1) is 13.2. The highest BCUT2D eigenvalue weighted by molar-refractivity contribution is 5.40. The Morgan fingerprint density at radius 2 is 1.56 bits per heavy atom. The summed E-state index contributed by atoms with van der Waals surface area (Å²) in [6.07, 6.45) is 2.55. The molecule has 2 aromatic carbocycles. The number of hydrogen-bond acceptors (Lipinski definition) is 5. The van der Waals surface area contributed by atoms with Crippen LogP contribution in [0.2, 0.25) is 0 Å². The van der Waals surface area contributed by atoms with Crippen LogP contribution in [0.15, 0.2) is 42.5 Å². The van der Waals surface area contributed by atoms with E-state index >= 15 is 0 Å². The first-order valence-electron chi connectivity index (χ1n) is 9.54. The van der Waals surface area contributed by atoms with Crippen LogP contribution in [0, 0.1) is 0 Å². The monoisotopic (exact) mass is 370 g/mol. The fraction of sp³-hybridized carbons (Fsp3) is 0.455. The Morgan fingerprint density at radius 1 is 0.889 bits per heavy atom. The highest BCUT2D eigenvalue weighted by Gasteiger charge is 2.23. The van der Waals surface area contributed by atoms with E-state index in [2.05, 4.69) is 28.4 Å². The molecule has 0 radical (unpaired) electrons. The molecule has 0 bridgehead atoms. The molecule has 0 amide bonds. The third-order valence-electron chi connectivity index (χ3n) is 5.23. The van der Waals surface area contributed by atoms with Gasteiger partial charge >= 0.3 is 0 Å².